The number of amides is 1. The van der Waals surface area contributed by atoms with E-state index in [1.807, 2.05) is 36.1 Å². The molecule has 1 N–H and O–H groups in total. The van der Waals surface area contributed by atoms with Gasteiger partial charge in [0.2, 0.25) is 0 Å². The number of benzene rings is 1. The van der Waals surface area contributed by atoms with Crippen LogP contribution < -0.4 is 4.74 Å². The van der Waals surface area contributed by atoms with Gasteiger partial charge >= 0.3 is 0 Å². The average Bonchev–Trinajstić information content (AvgIpc) is 3.01. The molecule has 1 saturated carbocycles. The van der Waals surface area contributed by atoms with Gasteiger partial charge in [-0.05, 0) is 44.4 Å². The van der Waals surface area contributed by atoms with E-state index in [0.717, 1.165) is 51.2 Å². The van der Waals surface area contributed by atoms with Crippen LogP contribution in [-0.4, -0.2) is 65.7 Å². The number of aliphatic hydroxyl groups is 1. The summed E-state index contributed by atoms with van der Waals surface area (Å²) in [6.45, 7) is 5.67. The fraction of sp³-hybridized carbons (Fsp3) is 0.611. The predicted octanol–water partition coefficient (Wildman–Crippen LogP) is 1.76. The van der Waals surface area contributed by atoms with E-state index in [1.165, 1.54) is 0 Å². The van der Waals surface area contributed by atoms with Crippen LogP contribution in [0.5, 0.6) is 5.75 Å². The molecule has 5 nitrogen and oxygen atoms in total. The van der Waals surface area contributed by atoms with E-state index in [0.29, 0.717) is 12.2 Å². The third-order valence-electron chi connectivity index (χ3n) is 4.91. The molecule has 1 amide bonds. The van der Waals surface area contributed by atoms with Crippen LogP contribution in [0.1, 0.15) is 36.5 Å². The maximum atomic E-state index is 12.7. The molecule has 126 valence electrons. The second-order valence-electron chi connectivity index (χ2n) is 6.35. The van der Waals surface area contributed by atoms with Crippen molar-refractivity contribution < 1.29 is 14.6 Å². The maximum Gasteiger partial charge on any atom is 0.254 e. The molecule has 23 heavy (non-hydrogen) atoms. The molecule has 0 radical (unpaired) electrons. The molecule has 0 unspecified atom stereocenters. The fourth-order valence-corrected chi connectivity index (χ4v) is 3.67. The van der Waals surface area contributed by atoms with Crippen LogP contribution in [0.4, 0.5) is 0 Å². The van der Waals surface area contributed by atoms with Crippen molar-refractivity contribution in [1.82, 2.24) is 9.80 Å². The zero-order valence-electron chi connectivity index (χ0n) is 13.8. The molecule has 1 aliphatic heterocycles. The lowest BCUT2D eigenvalue weighted by Gasteiger charge is -2.39. The Balaban J connectivity index is 1.58. The smallest absolute Gasteiger partial charge is 0.254 e. The summed E-state index contributed by atoms with van der Waals surface area (Å²) in [6.07, 6.45) is 2.90. The van der Waals surface area contributed by atoms with Crippen molar-refractivity contribution >= 4 is 5.91 Å². The van der Waals surface area contributed by atoms with Gasteiger partial charge in [-0.15, -0.1) is 0 Å². The summed E-state index contributed by atoms with van der Waals surface area (Å²) in [5.41, 5.74) is 0.685. The second-order valence-corrected chi connectivity index (χ2v) is 6.35. The summed E-state index contributed by atoms with van der Waals surface area (Å²) >= 11 is 0. The zero-order valence-corrected chi connectivity index (χ0v) is 13.8. The first-order valence-corrected chi connectivity index (χ1v) is 8.63. The van der Waals surface area contributed by atoms with Gasteiger partial charge in [-0.2, -0.15) is 0 Å². The summed E-state index contributed by atoms with van der Waals surface area (Å²) < 4.78 is 5.47. The highest BCUT2D eigenvalue weighted by Gasteiger charge is 2.33. The second kappa shape index (κ2) is 7.32. The minimum Gasteiger partial charge on any atom is -0.494 e. The largest absolute Gasteiger partial charge is 0.494 e. The van der Waals surface area contributed by atoms with E-state index >= 15 is 0 Å². The Hall–Kier alpha value is -1.59. The van der Waals surface area contributed by atoms with Gasteiger partial charge in [-0.25, -0.2) is 0 Å². The zero-order chi connectivity index (χ0) is 16.2. The molecule has 0 aromatic heterocycles. The van der Waals surface area contributed by atoms with Crippen molar-refractivity contribution in [2.75, 3.05) is 32.8 Å². The molecule has 3 rings (SSSR count). The minimum absolute atomic E-state index is 0.0678. The molecule has 1 heterocycles. The third kappa shape index (κ3) is 3.67. The van der Waals surface area contributed by atoms with E-state index in [2.05, 4.69) is 4.90 Å². The van der Waals surface area contributed by atoms with Gasteiger partial charge in [0.15, 0.2) is 0 Å². The van der Waals surface area contributed by atoms with Gasteiger partial charge in [0.05, 0.1) is 12.7 Å². The van der Waals surface area contributed by atoms with Gasteiger partial charge in [0.1, 0.15) is 5.75 Å². The predicted molar refractivity (Wildman–Crippen MR) is 88.7 cm³/mol. The van der Waals surface area contributed by atoms with E-state index in [4.69, 9.17) is 4.74 Å². The molecule has 5 heteroatoms. The Labute approximate surface area is 137 Å². The summed E-state index contributed by atoms with van der Waals surface area (Å²) in [5.74, 6) is 0.809. The van der Waals surface area contributed by atoms with Crippen LogP contribution in [0.3, 0.4) is 0 Å². The highest BCUT2D eigenvalue weighted by Crippen LogP contribution is 2.25. The van der Waals surface area contributed by atoms with Crippen molar-refractivity contribution in [3.8, 4) is 5.75 Å². The van der Waals surface area contributed by atoms with Crippen molar-refractivity contribution in [2.24, 2.45) is 0 Å². The normalized spacial score (nSPS) is 25.6. The van der Waals surface area contributed by atoms with Crippen LogP contribution in [0, 0.1) is 0 Å². The highest BCUT2D eigenvalue weighted by molar-refractivity contribution is 5.94. The summed E-state index contributed by atoms with van der Waals surface area (Å²) in [7, 11) is 0. The molecule has 2 fully saturated rings. The SMILES string of the molecule is CCOc1cccc(C(=O)N2CCN([C@@H]3CCC[C@H]3O)CC2)c1. The molecule has 0 bridgehead atoms. The molecule has 2 aliphatic rings. The molecular formula is C18H26N2O3. The van der Waals surface area contributed by atoms with Crippen molar-refractivity contribution in [3.63, 3.8) is 0 Å². The number of carbonyl (C=O) groups excluding carboxylic acids is 1. The van der Waals surface area contributed by atoms with Gasteiger partial charge in [0.25, 0.3) is 5.91 Å². The Morgan fingerprint density at radius 1 is 1.26 bits per heavy atom. The van der Waals surface area contributed by atoms with Gasteiger partial charge in [-0.3, -0.25) is 9.69 Å². The molecule has 1 aromatic carbocycles. The summed E-state index contributed by atoms with van der Waals surface area (Å²) in [4.78, 5) is 16.9. The molecule has 1 aliphatic carbocycles. The lowest BCUT2D eigenvalue weighted by atomic mass is 10.1. The van der Waals surface area contributed by atoms with E-state index < -0.39 is 0 Å². The van der Waals surface area contributed by atoms with E-state index in [9.17, 15) is 9.90 Å². The minimum atomic E-state index is -0.194. The number of ether oxygens (including phenoxy) is 1. The van der Waals surface area contributed by atoms with Crippen LogP contribution in [0.15, 0.2) is 24.3 Å². The lowest BCUT2D eigenvalue weighted by molar-refractivity contribution is 0.0315. The lowest BCUT2D eigenvalue weighted by Crippen LogP contribution is -2.53. The highest BCUT2D eigenvalue weighted by atomic mass is 16.5. The first-order chi connectivity index (χ1) is 11.2. The topological polar surface area (TPSA) is 53.0 Å². The van der Waals surface area contributed by atoms with Crippen LogP contribution >= 0.6 is 0 Å². The Bertz CT molecular complexity index is 541. The average molecular weight is 318 g/mol. The maximum absolute atomic E-state index is 12.7. The first kappa shape index (κ1) is 16.3. The van der Waals surface area contributed by atoms with Crippen LogP contribution in [0.25, 0.3) is 0 Å². The van der Waals surface area contributed by atoms with Crippen LogP contribution in [-0.2, 0) is 0 Å². The van der Waals surface area contributed by atoms with Crippen molar-refractivity contribution in [3.05, 3.63) is 29.8 Å². The molecule has 2 atom stereocenters. The number of hydrogen-bond donors (Lipinski definition) is 1. The Morgan fingerprint density at radius 3 is 2.70 bits per heavy atom. The third-order valence-corrected chi connectivity index (χ3v) is 4.91. The van der Waals surface area contributed by atoms with E-state index in [1.54, 1.807) is 0 Å². The summed E-state index contributed by atoms with van der Waals surface area (Å²) in [6, 6.07) is 7.69. The van der Waals surface area contributed by atoms with Crippen molar-refractivity contribution in [2.45, 2.75) is 38.3 Å². The standard InChI is InChI=1S/C18H26N2O3/c1-2-23-15-6-3-5-14(13-15)18(22)20-11-9-19(10-12-20)16-7-4-8-17(16)21/h3,5-6,13,16-17,21H,2,4,7-12H2,1H3/t16-,17-/m1/s1. The van der Waals surface area contributed by atoms with Gasteiger partial charge < -0.3 is 14.7 Å². The van der Waals surface area contributed by atoms with Gasteiger partial charge in [0, 0.05) is 37.8 Å². The van der Waals surface area contributed by atoms with Gasteiger partial charge in [-0.1, -0.05) is 6.07 Å². The fourth-order valence-electron chi connectivity index (χ4n) is 3.67. The molecule has 1 aromatic rings. The summed E-state index contributed by atoms with van der Waals surface area (Å²) in [5, 5.41) is 10.0. The number of nitrogens with zero attached hydrogens (tertiary/aromatic N) is 2. The molecule has 1 saturated heterocycles. The van der Waals surface area contributed by atoms with Crippen LogP contribution in [0.2, 0.25) is 0 Å². The number of hydrogen-bond acceptors (Lipinski definition) is 4. The molecular weight excluding hydrogens is 292 g/mol. The molecule has 0 spiro atoms. The Kier molecular flexibility index (Phi) is 5.18. The Morgan fingerprint density at radius 2 is 2.04 bits per heavy atom. The quantitative estimate of drug-likeness (QED) is 0.919. The number of aliphatic hydroxyl groups excluding tert-OH is 1. The first-order valence-electron chi connectivity index (χ1n) is 8.63. The number of rotatable bonds is 4. The number of carbonyl (C=O) groups is 1. The van der Waals surface area contributed by atoms with Crippen molar-refractivity contribution in [1.29, 1.82) is 0 Å². The monoisotopic (exact) mass is 318 g/mol. The number of piperazine rings is 1. The van der Waals surface area contributed by atoms with E-state index in [-0.39, 0.29) is 18.1 Å².